The van der Waals surface area contributed by atoms with E-state index >= 15 is 0 Å². The predicted octanol–water partition coefficient (Wildman–Crippen LogP) is 6.69. The molecule has 0 fully saturated rings. The standard InChI is InChI=1S/C24H22ClN3OS2/c1-18-11-13-20(14-12-18)31-17-23-26-27-24(28(23)19-7-3-2-4-8-19)30-16-15-29-22-10-6-5-9-21(22)25/h2-14H,15-17H2,1H3. The summed E-state index contributed by atoms with van der Waals surface area (Å²) in [4.78, 5) is 1.22. The summed E-state index contributed by atoms with van der Waals surface area (Å²) < 4.78 is 7.94. The van der Waals surface area contributed by atoms with Crippen LogP contribution in [0.25, 0.3) is 5.69 Å². The summed E-state index contributed by atoms with van der Waals surface area (Å²) in [6.45, 7) is 2.63. The average Bonchev–Trinajstić information content (AvgIpc) is 3.21. The second kappa shape index (κ2) is 10.8. The van der Waals surface area contributed by atoms with Crippen LogP contribution in [-0.4, -0.2) is 27.1 Å². The monoisotopic (exact) mass is 467 g/mol. The largest absolute Gasteiger partial charge is 0.491 e. The highest BCUT2D eigenvalue weighted by molar-refractivity contribution is 7.99. The van der Waals surface area contributed by atoms with Crippen LogP contribution in [0, 0.1) is 6.92 Å². The van der Waals surface area contributed by atoms with E-state index in [9.17, 15) is 0 Å². The van der Waals surface area contributed by atoms with Gasteiger partial charge in [-0.25, -0.2) is 0 Å². The maximum absolute atomic E-state index is 6.16. The minimum atomic E-state index is 0.531. The molecule has 3 aromatic carbocycles. The Morgan fingerprint density at radius 3 is 2.39 bits per heavy atom. The molecule has 0 N–H and O–H groups in total. The predicted molar refractivity (Wildman–Crippen MR) is 130 cm³/mol. The summed E-state index contributed by atoms with van der Waals surface area (Å²) in [6.07, 6.45) is 0. The Labute approximate surface area is 196 Å². The van der Waals surface area contributed by atoms with Gasteiger partial charge in [0.05, 0.1) is 17.4 Å². The van der Waals surface area contributed by atoms with Gasteiger partial charge in [0.2, 0.25) is 0 Å². The molecule has 1 heterocycles. The summed E-state index contributed by atoms with van der Waals surface area (Å²) in [6, 6.07) is 26.3. The first-order chi connectivity index (χ1) is 15.2. The Morgan fingerprint density at radius 2 is 1.61 bits per heavy atom. The second-order valence-corrected chi connectivity index (χ2v) is 9.32. The van der Waals surface area contributed by atoms with Crippen LogP contribution < -0.4 is 4.74 Å². The van der Waals surface area contributed by atoms with Gasteiger partial charge in [0.25, 0.3) is 0 Å². The number of hydrogen-bond acceptors (Lipinski definition) is 5. The fourth-order valence-corrected chi connectivity index (χ4v) is 4.74. The molecule has 31 heavy (non-hydrogen) atoms. The molecule has 0 aliphatic carbocycles. The molecule has 1 aromatic heterocycles. The van der Waals surface area contributed by atoms with Gasteiger partial charge in [-0.2, -0.15) is 0 Å². The minimum Gasteiger partial charge on any atom is -0.491 e. The molecule has 0 aliphatic rings. The average molecular weight is 468 g/mol. The van der Waals surface area contributed by atoms with Crippen LogP contribution >= 0.6 is 35.1 Å². The number of benzene rings is 3. The summed E-state index contributed by atoms with van der Waals surface area (Å²) >= 11 is 9.55. The number of aromatic nitrogens is 3. The van der Waals surface area contributed by atoms with E-state index in [0.717, 1.165) is 28.2 Å². The number of hydrogen-bond donors (Lipinski definition) is 0. The Morgan fingerprint density at radius 1 is 0.871 bits per heavy atom. The molecule has 0 spiro atoms. The Balaban J connectivity index is 1.45. The van der Waals surface area contributed by atoms with E-state index in [2.05, 4.69) is 58.1 Å². The van der Waals surface area contributed by atoms with Crippen LogP contribution in [0.15, 0.2) is 88.9 Å². The normalized spacial score (nSPS) is 10.9. The fraction of sp³-hybridized carbons (Fsp3) is 0.167. The van der Waals surface area contributed by atoms with Gasteiger partial charge in [-0.15, -0.1) is 22.0 Å². The number of para-hydroxylation sites is 2. The molecule has 0 amide bonds. The Kier molecular flexibility index (Phi) is 7.57. The van der Waals surface area contributed by atoms with Crippen molar-refractivity contribution in [1.82, 2.24) is 14.8 Å². The quantitative estimate of drug-likeness (QED) is 0.202. The van der Waals surface area contributed by atoms with Gasteiger partial charge in [-0.05, 0) is 43.3 Å². The van der Waals surface area contributed by atoms with E-state index in [0.29, 0.717) is 17.4 Å². The molecule has 158 valence electrons. The first kappa shape index (κ1) is 21.8. The lowest BCUT2D eigenvalue weighted by Gasteiger charge is -2.11. The zero-order valence-corrected chi connectivity index (χ0v) is 19.5. The molecular weight excluding hydrogens is 446 g/mol. The summed E-state index contributed by atoms with van der Waals surface area (Å²) in [5.74, 6) is 3.10. The first-order valence-corrected chi connectivity index (χ1v) is 12.2. The van der Waals surface area contributed by atoms with Gasteiger partial charge in [0.15, 0.2) is 5.16 Å². The molecule has 0 atom stereocenters. The van der Waals surface area contributed by atoms with E-state index < -0.39 is 0 Å². The highest BCUT2D eigenvalue weighted by atomic mass is 35.5. The lowest BCUT2D eigenvalue weighted by molar-refractivity contribution is 0.344. The topological polar surface area (TPSA) is 39.9 Å². The van der Waals surface area contributed by atoms with Crippen molar-refractivity contribution >= 4 is 35.1 Å². The van der Waals surface area contributed by atoms with Crippen molar-refractivity contribution in [3.05, 3.63) is 95.3 Å². The van der Waals surface area contributed by atoms with Crippen molar-refractivity contribution in [3.63, 3.8) is 0 Å². The maximum atomic E-state index is 6.16. The zero-order chi connectivity index (χ0) is 21.5. The highest BCUT2D eigenvalue weighted by Crippen LogP contribution is 2.28. The van der Waals surface area contributed by atoms with Gasteiger partial charge >= 0.3 is 0 Å². The fourth-order valence-electron chi connectivity index (χ4n) is 2.95. The number of thioether (sulfide) groups is 2. The number of nitrogens with zero attached hydrogens (tertiary/aromatic N) is 3. The van der Waals surface area contributed by atoms with Crippen molar-refractivity contribution in [3.8, 4) is 11.4 Å². The van der Waals surface area contributed by atoms with Crippen molar-refractivity contribution in [2.24, 2.45) is 0 Å². The Bertz CT molecular complexity index is 1120. The van der Waals surface area contributed by atoms with Crippen molar-refractivity contribution < 1.29 is 4.74 Å². The van der Waals surface area contributed by atoms with Crippen LogP contribution in [0.2, 0.25) is 5.02 Å². The first-order valence-electron chi connectivity index (χ1n) is 9.90. The third-order valence-corrected chi connectivity index (χ3v) is 6.73. The number of aryl methyl sites for hydroxylation is 1. The van der Waals surface area contributed by atoms with Crippen molar-refractivity contribution in [1.29, 1.82) is 0 Å². The van der Waals surface area contributed by atoms with E-state index in [1.165, 1.54) is 10.5 Å². The third-order valence-electron chi connectivity index (χ3n) is 4.51. The van der Waals surface area contributed by atoms with Crippen molar-refractivity contribution in [2.75, 3.05) is 12.4 Å². The van der Waals surface area contributed by atoms with Crippen LogP contribution in [0.4, 0.5) is 0 Å². The van der Waals surface area contributed by atoms with E-state index in [1.807, 2.05) is 42.5 Å². The SMILES string of the molecule is Cc1ccc(SCc2nnc(SCCOc3ccccc3Cl)n2-c2ccccc2)cc1. The van der Waals surface area contributed by atoms with Crippen LogP contribution in [0.5, 0.6) is 5.75 Å². The summed E-state index contributed by atoms with van der Waals surface area (Å²) in [5.41, 5.74) is 2.32. The second-order valence-electron chi connectivity index (χ2n) is 6.80. The number of rotatable bonds is 9. The van der Waals surface area contributed by atoms with Gasteiger partial charge in [-0.3, -0.25) is 4.57 Å². The smallest absolute Gasteiger partial charge is 0.195 e. The molecule has 7 heteroatoms. The van der Waals surface area contributed by atoms with Crippen LogP contribution in [-0.2, 0) is 5.75 Å². The molecule has 0 unspecified atom stereocenters. The molecule has 4 rings (SSSR count). The highest BCUT2D eigenvalue weighted by Gasteiger charge is 2.15. The molecule has 0 saturated carbocycles. The van der Waals surface area contributed by atoms with Gasteiger partial charge < -0.3 is 4.74 Å². The molecule has 0 saturated heterocycles. The number of halogens is 1. The summed E-state index contributed by atoms with van der Waals surface area (Å²) in [5, 5.41) is 10.4. The molecule has 4 aromatic rings. The van der Waals surface area contributed by atoms with Gasteiger partial charge in [-0.1, -0.05) is 71.4 Å². The van der Waals surface area contributed by atoms with Crippen LogP contribution in [0.3, 0.4) is 0 Å². The van der Waals surface area contributed by atoms with E-state index in [4.69, 9.17) is 16.3 Å². The molecular formula is C24H22ClN3OS2. The molecule has 4 nitrogen and oxygen atoms in total. The van der Waals surface area contributed by atoms with Crippen LogP contribution in [0.1, 0.15) is 11.4 Å². The molecule has 0 aliphatic heterocycles. The van der Waals surface area contributed by atoms with E-state index in [1.54, 1.807) is 23.5 Å². The molecule has 0 radical (unpaired) electrons. The number of ether oxygens (including phenoxy) is 1. The lowest BCUT2D eigenvalue weighted by atomic mass is 10.2. The molecule has 0 bridgehead atoms. The third kappa shape index (κ3) is 5.85. The van der Waals surface area contributed by atoms with E-state index in [-0.39, 0.29) is 0 Å². The Hall–Kier alpha value is -2.41. The lowest BCUT2D eigenvalue weighted by Crippen LogP contribution is -2.04. The summed E-state index contributed by atoms with van der Waals surface area (Å²) in [7, 11) is 0. The van der Waals surface area contributed by atoms with Gasteiger partial charge in [0, 0.05) is 16.3 Å². The zero-order valence-electron chi connectivity index (χ0n) is 17.1. The minimum absolute atomic E-state index is 0.531. The van der Waals surface area contributed by atoms with Gasteiger partial charge in [0.1, 0.15) is 11.6 Å². The maximum Gasteiger partial charge on any atom is 0.195 e. The van der Waals surface area contributed by atoms with Crippen molar-refractivity contribution in [2.45, 2.75) is 22.7 Å².